The summed E-state index contributed by atoms with van der Waals surface area (Å²) in [5, 5.41) is 18.0. The Morgan fingerprint density at radius 2 is 2.44 bits per heavy atom. The number of hydrogen-bond acceptors (Lipinski definition) is 4. The van der Waals surface area contributed by atoms with Gasteiger partial charge in [0.15, 0.2) is 0 Å². The van der Waals surface area contributed by atoms with E-state index in [1.165, 1.54) is 0 Å². The van der Waals surface area contributed by atoms with Crippen molar-refractivity contribution in [2.75, 3.05) is 13.2 Å². The molecule has 2 unspecified atom stereocenters. The molecule has 102 valence electrons. The molecule has 0 aliphatic carbocycles. The maximum atomic E-state index is 10.3. The van der Waals surface area contributed by atoms with E-state index in [0.717, 1.165) is 5.69 Å². The lowest BCUT2D eigenvalue weighted by atomic mass is 9.97. The third-order valence-corrected chi connectivity index (χ3v) is 3.59. The molecule has 0 spiro atoms. The lowest BCUT2D eigenvalue weighted by molar-refractivity contribution is -0.0263. The summed E-state index contributed by atoms with van der Waals surface area (Å²) in [5.74, 6) is 0. The highest BCUT2D eigenvalue weighted by Crippen LogP contribution is 2.24. The van der Waals surface area contributed by atoms with Crippen LogP contribution in [0.15, 0.2) is 12.3 Å². The molecule has 1 aromatic rings. The fourth-order valence-corrected chi connectivity index (χ4v) is 2.17. The van der Waals surface area contributed by atoms with Gasteiger partial charge in [-0.25, -0.2) is 0 Å². The van der Waals surface area contributed by atoms with Gasteiger partial charge in [-0.05, 0) is 26.8 Å². The summed E-state index contributed by atoms with van der Waals surface area (Å²) in [6.07, 6.45) is 2.58. The highest BCUT2D eigenvalue weighted by molar-refractivity contribution is 5.00. The van der Waals surface area contributed by atoms with Crippen molar-refractivity contribution in [3.05, 3.63) is 18.0 Å². The Labute approximate surface area is 108 Å². The molecule has 2 heterocycles. The van der Waals surface area contributed by atoms with Crippen molar-refractivity contribution in [2.45, 2.75) is 51.5 Å². The minimum Gasteiger partial charge on any atom is -0.386 e. The SMILES string of the molecule is CC(C)n1ccc(CNCC2(O)CCOC2C)n1. The van der Waals surface area contributed by atoms with Crippen LogP contribution in [0.5, 0.6) is 0 Å². The van der Waals surface area contributed by atoms with Crippen molar-refractivity contribution < 1.29 is 9.84 Å². The van der Waals surface area contributed by atoms with E-state index in [0.29, 0.717) is 32.2 Å². The number of nitrogens with one attached hydrogen (secondary N) is 1. The molecule has 0 radical (unpaired) electrons. The van der Waals surface area contributed by atoms with Crippen molar-refractivity contribution >= 4 is 0 Å². The molecule has 0 amide bonds. The smallest absolute Gasteiger partial charge is 0.105 e. The zero-order valence-electron chi connectivity index (χ0n) is 11.4. The van der Waals surface area contributed by atoms with E-state index in [-0.39, 0.29) is 6.10 Å². The molecular formula is C13H23N3O2. The lowest BCUT2D eigenvalue weighted by Crippen LogP contribution is -2.45. The fraction of sp³-hybridized carbons (Fsp3) is 0.769. The van der Waals surface area contributed by atoms with Crippen LogP contribution in [0.2, 0.25) is 0 Å². The van der Waals surface area contributed by atoms with Gasteiger partial charge in [0.05, 0.1) is 11.8 Å². The zero-order chi connectivity index (χ0) is 13.2. The Balaban J connectivity index is 1.81. The first-order valence-corrected chi connectivity index (χ1v) is 6.60. The van der Waals surface area contributed by atoms with E-state index in [9.17, 15) is 5.11 Å². The zero-order valence-corrected chi connectivity index (χ0v) is 11.4. The molecule has 1 saturated heterocycles. The molecule has 0 saturated carbocycles. The molecule has 2 rings (SSSR count). The average molecular weight is 253 g/mol. The van der Waals surface area contributed by atoms with Crippen molar-refractivity contribution in [3.8, 4) is 0 Å². The molecule has 1 aromatic heterocycles. The molecule has 18 heavy (non-hydrogen) atoms. The Kier molecular flexibility index (Phi) is 4.04. The largest absolute Gasteiger partial charge is 0.386 e. The molecule has 5 heteroatoms. The number of aromatic nitrogens is 2. The molecule has 5 nitrogen and oxygen atoms in total. The lowest BCUT2D eigenvalue weighted by Gasteiger charge is -2.26. The van der Waals surface area contributed by atoms with E-state index >= 15 is 0 Å². The third-order valence-electron chi connectivity index (χ3n) is 3.59. The molecule has 2 atom stereocenters. The minimum atomic E-state index is -0.736. The Morgan fingerprint density at radius 3 is 3.00 bits per heavy atom. The summed E-state index contributed by atoms with van der Waals surface area (Å²) >= 11 is 0. The van der Waals surface area contributed by atoms with Gasteiger partial charge in [0, 0.05) is 38.4 Å². The Bertz CT molecular complexity index is 391. The first kappa shape index (κ1) is 13.5. The van der Waals surface area contributed by atoms with Crippen LogP contribution in [0.4, 0.5) is 0 Å². The fourth-order valence-electron chi connectivity index (χ4n) is 2.17. The molecule has 1 fully saturated rings. The van der Waals surface area contributed by atoms with E-state index in [1.54, 1.807) is 0 Å². The monoisotopic (exact) mass is 253 g/mol. The predicted molar refractivity (Wildman–Crippen MR) is 69.3 cm³/mol. The first-order chi connectivity index (χ1) is 8.51. The van der Waals surface area contributed by atoms with Crippen molar-refractivity contribution in [1.29, 1.82) is 0 Å². The first-order valence-electron chi connectivity index (χ1n) is 6.60. The number of hydrogen-bond donors (Lipinski definition) is 2. The summed E-state index contributed by atoms with van der Waals surface area (Å²) in [4.78, 5) is 0. The molecule has 1 aliphatic rings. The maximum absolute atomic E-state index is 10.3. The number of rotatable bonds is 5. The van der Waals surface area contributed by atoms with Crippen LogP contribution in [-0.2, 0) is 11.3 Å². The van der Waals surface area contributed by atoms with Crippen molar-refractivity contribution in [1.82, 2.24) is 15.1 Å². The topological polar surface area (TPSA) is 59.3 Å². The van der Waals surface area contributed by atoms with Crippen LogP contribution in [0.25, 0.3) is 0 Å². The number of aliphatic hydroxyl groups is 1. The van der Waals surface area contributed by atoms with Crippen LogP contribution in [0.3, 0.4) is 0 Å². The molecule has 2 N–H and O–H groups in total. The average Bonchev–Trinajstić information content (AvgIpc) is 2.88. The van der Waals surface area contributed by atoms with E-state index in [1.807, 2.05) is 23.9 Å². The Morgan fingerprint density at radius 1 is 1.67 bits per heavy atom. The van der Waals surface area contributed by atoms with Crippen molar-refractivity contribution in [3.63, 3.8) is 0 Å². The highest BCUT2D eigenvalue weighted by atomic mass is 16.5. The van der Waals surface area contributed by atoms with Gasteiger partial charge in [-0.1, -0.05) is 0 Å². The third kappa shape index (κ3) is 2.91. The second-order valence-electron chi connectivity index (χ2n) is 5.35. The predicted octanol–water partition coefficient (Wildman–Crippen LogP) is 1.09. The minimum absolute atomic E-state index is 0.0989. The summed E-state index contributed by atoms with van der Waals surface area (Å²) in [5.41, 5.74) is 0.263. The van der Waals surface area contributed by atoms with Gasteiger partial charge < -0.3 is 15.2 Å². The summed E-state index contributed by atoms with van der Waals surface area (Å²) in [6, 6.07) is 2.39. The normalized spacial score (nSPS) is 28.2. The number of nitrogens with zero attached hydrogens (tertiary/aromatic N) is 2. The van der Waals surface area contributed by atoms with E-state index in [2.05, 4.69) is 24.3 Å². The number of ether oxygens (including phenoxy) is 1. The van der Waals surface area contributed by atoms with Crippen LogP contribution in [-0.4, -0.2) is 39.7 Å². The summed E-state index contributed by atoms with van der Waals surface area (Å²) in [7, 11) is 0. The summed E-state index contributed by atoms with van der Waals surface area (Å²) in [6.45, 7) is 7.98. The highest BCUT2D eigenvalue weighted by Gasteiger charge is 2.38. The van der Waals surface area contributed by atoms with Gasteiger partial charge in [0.25, 0.3) is 0 Å². The quantitative estimate of drug-likeness (QED) is 0.825. The van der Waals surface area contributed by atoms with E-state index in [4.69, 9.17) is 4.74 Å². The van der Waals surface area contributed by atoms with E-state index < -0.39 is 5.60 Å². The molecule has 0 bridgehead atoms. The van der Waals surface area contributed by atoms with Gasteiger partial charge in [0.2, 0.25) is 0 Å². The van der Waals surface area contributed by atoms with Gasteiger partial charge in [-0.3, -0.25) is 4.68 Å². The summed E-state index contributed by atoms with van der Waals surface area (Å²) < 4.78 is 7.33. The van der Waals surface area contributed by atoms with Crippen LogP contribution < -0.4 is 5.32 Å². The molecule has 1 aliphatic heterocycles. The van der Waals surface area contributed by atoms with Gasteiger partial charge >= 0.3 is 0 Å². The van der Waals surface area contributed by atoms with Crippen LogP contribution >= 0.6 is 0 Å². The maximum Gasteiger partial charge on any atom is 0.105 e. The second-order valence-corrected chi connectivity index (χ2v) is 5.35. The Hall–Kier alpha value is -0.910. The molecule has 0 aromatic carbocycles. The van der Waals surface area contributed by atoms with Gasteiger partial charge in [-0.2, -0.15) is 5.10 Å². The van der Waals surface area contributed by atoms with Crippen molar-refractivity contribution in [2.24, 2.45) is 0 Å². The van der Waals surface area contributed by atoms with Gasteiger partial charge in [0.1, 0.15) is 5.60 Å². The van der Waals surface area contributed by atoms with Crippen LogP contribution in [0, 0.1) is 0 Å². The standard InChI is InChI=1S/C13H23N3O2/c1-10(2)16-6-4-12(15-16)8-14-9-13(17)5-7-18-11(13)3/h4,6,10-11,14,17H,5,7-9H2,1-3H3. The van der Waals surface area contributed by atoms with Gasteiger partial charge in [-0.15, -0.1) is 0 Å². The second kappa shape index (κ2) is 5.38. The molecular weight excluding hydrogens is 230 g/mol. The van der Waals surface area contributed by atoms with Crippen LogP contribution in [0.1, 0.15) is 38.9 Å².